The highest BCUT2D eigenvalue weighted by Crippen LogP contribution is 2.29. The molecule has 0 aliphatic carbocycles. The highest BCUT2D eigenvalue weighted by atomic mass is 19.3. The van der Waals surface area contributed by atoms with Gasteiger partial charge in [0.15, 0.2) is 0 Å². The molecular weight excluding hydrogens is 240 g/mol. The molecule has 0 amide bonds. The van der Waals surface area contributed by atoms with Gasteiger partial charge in [-0.05, 0) is 24.1 Å². The van der Waals surface area contributed by atoms with Crippen molar-refractivity contribution >= 4 is 0 Å². The fourth-order valence-electron chi connectivity index (χ4n) is 1.22. The third-order valence-electron chi connectivity index (χ3n) is 2.14. The predicted molar refractivity (Wildman–Crippen MR) is 53.3 cm³/mol. The van der Waals surface area contributed by atoms with Gasteiger partial charge in [0.1, 0.15) is 5.75 Å². The monoisotopic (exact) mass is 252 g/mol. The molecule has 0 bridgehead atoms. The quantitative estimate of drug-likeness (QED) is 0.814. The zero-order valence-electron chi connectivity index (χ0n) is 9.04. The molecule has 96 valence electrons. The highest BCUT2D eigenvalue weighted by molar-refractivity contribution is 5.30. The van der Waals surface area contributed by atoms with E-state index >= 15 is 0 Å². The molecule has 0 radical (unpaired) electrons. The number of halogens is 4. The Hall–Kier alpha value is -1.30. The topological polar surface area (TPSA) is 29.5 Å². The summed E-state index contributed by atoms with van der Waals surface area (Å²) in [4.78, 5) is 0. The predicted octanol–water partition coefficient (Wildman–Crippen LogP) is 3.37. The van der Waals surface area contributed by atoms with Crippen LogP contribution in [0, 0.1) is 0 Å². The summed E-state index contributed by atoms with van der Waals surface area (Å²) in [7, 11) is 0. The van der Waals surface area contributed by atoms with E-state index in [-0.39, 0.29) is 0 Å². The molecule has 1 N–H and O–H groups in total. The van der Waals surface area contributed by atoms with E-state index in [0.717, 1.165) is 12.1 Å². The van der Waals surface area contributed by atoms with E-state index in [0.29, 0.717) is 12.0 Å². The fourth-order valence-corrected chi connectivity index (χ4v) is 1.22. The van der Waals surface area contributed by atoms with Gasteiger partial charge < -0.3 is 9.84 Å². The number of ether oxygens (including phenoxy) is 1. The van der Waals surface area contributed by atoms with Crippen molar-refractivity contribution in [2.24, 2.45) is 0 Å². The van der Waals surface area contributed by atoms with E-state index in [1.165, 1.54) is 12.1 Å². The third-order valence-corrected chi connectivity index (χ3v) is 2.14. The standard InChI is InChI=1S/C11H12F4O2/c1-2-9(16)7-4-3-5-8(6-7)17-11(14,15)10(12)13/h3-6,9-10,16H,2H2,1H3/t9-/m1/s1. The maximum Gasteiger partial charge on any atom is 0.461 e. The molecule has 0 saturated heterocycles. The molecular formula is C11H12F4O2. The van der Waals surface area contributed by atoms with Crippen LogP contribution in [-0.4, -0.2) is 17.6 Å². The molecule has 1 rings (SSSR count). The van der Waals surface area contributed by atoms with Gasteiger partial charge in [-0.15, -0.1) is 0 Å². The highest BCUT2D eigenvalue weighted by Gasteiger charge is 2.43. The minimum absolute atomic E-state index is 0.343. The Morgan fingerprint density at radius 1 is 1.35 bits per heavy atom. The second-order valence-corrected chi connectivity index (χ2v) is 3.46. The van der Waals surface area contributed by atoms with Crippen LogP contribution in [0.2, 0.25) is 0 Å². The van der Waals surface area contributed by atoms with Crippen molar-refractivity contribution < 1.29 is 27.4 Å². The smallest absolute Gasteiger partial charge is 0.428 e. The molecule has 0 aliphatic heterocycles. The normalized spacial score (nSPS) is 13.8. The van der Waals surface area contributed by atoms with E-state index in [9.17, 15) is 22.7 Å². The summed E-state index contributed by atoms with van der Waals surface area (Å²) < 4.78 is 52.9. The van der Waals surface area contributed by atoms with Gasteiger partial charge in [0, 0.05) is 0 Å². The Kier molecular flexibility index (Phi) is 4.34. The maximum atomic E-state index is 12.6. The molecule has 6 heteroatoms. The summed E-state index contributed by atoms with van der Waals surface area (Å²) in [6, 6.07) is 5.10. The Morgan fingerprint density at radius 3 is 2.53 bits per heavy atom. The number of benzene rings is 1. The minimum atomic E-state index is -4.53. The first-order chi connectivity index (χ1) is 7.86. The lowest BCUT2D eigenvalue weighted by atomic mass is 10.1. The van der Waals surface area contributed by atoms with Crippen molar-refractivity contribution in [2.45, 2.75) is 32.0 Å². The average Bonchev–Trinajstić information content (AvgIpc) is 2.27. The first-order valence-corrected chi connectivity index (χ1v) is 4.99. The number of rotatable bonds is 5. The second kappa shape index (κ2) is 5.35. The molecule has 1 aromatic carbocycles. The van der Waals surface area contributed by atoms with Crippen LogP contribution in [0.4, 0.5) is 17.6 Å². The van der Waals surface area contributed by atoms with Gasteiger partial charge in [0.05, 0.1) is 6.10 Å². The maximum absolute atomic E-state index is 12.6. The molecule has 1 aromatic rings. The van der Waals surface area contributed by atoms with Gasteiger partial charge in [-0.2, -0.15) is 17.6 Å². The van der Waals surface area contributed by atoms with E-state index in [1.807, 2.05) is 0 Å². The summed E-state index contributed by atoms with van der Waals surface area (Å²) >= 11 is 0. The van der Waals surface area contributed by atoms with Crippen LogP contribution in [0.3, 0.4) is 0 Å². The number of aliphatic hydroxyl groups excluding tert-OH is 1. The van der Waals surface area contributed by atoms with E-state index in [2.05, 4.69) is 4.74 Å². The molecule has 2 nitrogen and oxygen atoms in total. The van der Waals surface area contributed by atoms with E-state index in [4.69, 9.17) is 0 Å². The fraction of sp³-hybridized carbons (Fsp3) is 0.455. The van der Waals surface area contributed by atoms with Crippen LogP contribution < -0.4 is 4.74 Å². The van der Waals surface area contributed by atoms with Gasteiger partial charge in [0.2, 0.25) is 0 Å². The van der Waals surface area contributed by atoms with Crippen molar-refractivity contribution in [1.29, 1.82) is 0 Å². The first kappa shape index (κ1) is 13.8. The van der Waals surface area contributed by atoms with Gasteiger partial charge in [0.25, 0.3) is 0 Å². The molecule has 1 atom stereocenters. The van der Waals surface area contributed by atoms with Crippen LogP contribution in [0.5, 0.6) is 5.75 Å². The third kappa shape index (κ3) is 3.59. The van der Waals surface area contributed by atoms with Crippen molar-refractivity contribution in [1.82, 2.24) is 0 Å². The van der Waals surface area contributed by atoms with Crippen molar-refractivity contribution in [3.8, 4) is 5.75 Å². The van der Waals surface area contributed by atoms with Crippen molar-refractivity contribution in [2.75, 3.05) is 0 Å². The Morgan fingerprint density at radius 2 is 2.00 bits per heavy atom. The second-order valence-electron chi connectivity index (χ2n) is 3.46. The van der Waals surface area contributed by atoms with E-state index in [1.54, 1.807) is 6.92 Å². The molecule has 0 spiro atoms. The summed E-state index contributed by atoms with van der Waals surface area (Å²) in [6.07, 6.45) is -8.88. The summed E-state index contributed by atoms with van der Waals surface area (Å²) in [5.74, 6) is -0.403. The minimum Gasteiger partial charge on any atom is -0.428 e. The zero-order chi connectivity index (χ0) is 13.1. The van der Waals surface area contributed by atoms with Crippen molar-refractivity contribution in [3.63, 3.8) is 0 Å². The average molecular weight is 252 g/mol. The molecule has 0 aromatic heterocycles. The molecule has 0 heterocycles. The Labute approximate surface area is 95.8 Å². The molecule has 0 saturated carbocycles. The summed E-state index contributed by atoms with van der Waals surface area (Å²) in [5, 5.41) is 9.47. The van der Waals surface area contributed by atoms with Crippen molar-refractivity contribution in [3.05, 3.63) is 29.8 Å². The molecule has 0 fully saturated rings. The van der Waals surface area contributed by atoms with Gasteiger partial charge >= 0.3 is 12.5 Å². The van der Waals surface area contributed by atoms with Crippen LogP contribution >= 0.6 is 0 Å². The largest absolute Gasteiger partial charge is 0.461 e. The van der Waals surface area contributed by atoms with Crippen LogP contribution in [0.1, 0.15) is 25.0 Å². The SMILES string of the molecule is CC[C@@H](O)c1cccc(OC(F)(F)C(F)F)c1. The van der Waals surface area contributed by atoms with Gasteiger partial charge in [-0.25, -0.2) is 0 Å². The number of aliphatic hydroxyl groups is 1. The van der Waals surface area contributed by atoms with E-state index < -0.39 is 24.4 Å². The summed E-state index contributed by atoms with van der Waals surface area (Å²) in [5.41, 5.74) is 0.343. The van der Waals surface area contributed by atoms with Crippen LogP contribution in [-0.2, 0) is 0 Å². The molecule has 0 unspecified atom stereocenters. The van der Waals surface area contributed by atoms with Crippen LogP contribution in [0.25, 0.3) is 0 Å². The number of hydrogen-bond donors (Lipinski definition) is 1. The number of hydrogen-bond acceptors (Lipinski definition) is 2. The first-order valence-electron chi connectivity index (χ1n) is 4.99. The lowest BCUT2D eigenvalue weighted by Gasteiger charge is -2.17. The molecule has 17 heavy (non-hydrogen) atoms. The van der Waals surface area contributed by atoms with Gasteiger partial charge in [-0.3, -0.25) is 0 Å². The van der Waals surface area contributed by atoms with Gasteiger partial charge in [-0.1, -0.05) is 19.1 Å². The Balaban J connectivity index is 2.86. The van der Waals surface area contributed by atoms with Crippen LogP contribution in [0.15, 0.2) is 24.3 Å². The number of alkyl halides is 4. The summed E-state index contributed by atoms with van der Waals surface area (Å²) in [6.45, 7) is 1.70. The Bertz CT molecular complexity index is 368. The lowest BCUT2D eigenvalue weighted by molar-refractivity contribution is -0.253. The lowest BCUT2D eigenvalue weighted by Crippen LogP contribution is -2.33. The zero-order valence-corrected chi connectivity index (χ0v) is 9.04. The molecule has 0 aliphatic rings.